The fourth-order valence-electron chi connectivity index (χ4n) is 1.99. The average molecular weight is 310 g/mol. The quantitative estimate of drug-likeness (QED) is 0.903. The molecule has 2 aromatic rings. The molecule has 0 aliphatic carbocycles. The molecule has 2 rings (SSSR count). The van der Waals surface area contributed by atoms with Gasteiger partial charge in [-0.05, 0) is 13.5 Å². The normalized spacial score (nSPS) is 13.7. The molecular formula is C15H23N3S2. The summed E-state index contributed by atoms with van der Waals surface area (Å²) in [6, 6.07) is 0.268. The molecule has 110 valence electrons. The highest BCUT2D eigenvalue weighted by Gasteiger charge is 2.20. The van der Waals surface area contributed by atoms with Crippen LogP contribution in [0.3, 0.4) is 0 Å². The van der Waals surface area contributed by atoms with E-state index in [1.165, 1.54) is 10.7 Å². The standard InChI is InChI=1S/C15H23N3S2/c1-6-16-11(12-8-19-10(2)17-12)7-14-18-13(9-20-14)15(3,4)5/h8-9,11,16H,6-7H2,1-5H3. The van der Waals surface area contributed by atoms with Crippen molar-refractivity contribution in [2.24, 2.45) is 0 Å². The number of aromatic nitrogens is 2. The highest BCUT2D eigenvalue weighted by Crippen LogP contribution is 2.27. The summed E-state index contributed by atoms with van der Waals surface area (Å²) in [7, 11) is 0. The van der Waals surface area contributed by atoms with Gasteiger partial charge in [0.25, 0.3) is 0 Å². The Kier molecular flexibility index (Phi) is 4.94. The molecule has 0 aliphatic rings. The second-order valence-corrected chi connectivity index (χ2v) is 7.99. The van der Waals surface area contributed by atoms with Gasteiger partial charge in [0.1, 0.15) is 0 Å². The number of rotatable bonds is 5. The molecule has 2 heterocycles. The summed E-state index contributed by atoms with van der Waals surface area (Å²) >= 11 is 3.47. The zero-order chi connectivity index (χ0) is 14.8. The summed E-state index contributed by atoms with van der Waals surface area (Å²) in [5.74, 6) is 0. The second kappa shape index (κ2) is 6.33. The van der Waals surface area contributed by atoms with Crippen LogP contribution in [0.5, 0.6) is 0 Å². The lowest BCUT2D eigenvalue weighted by Gasteiger charge is -2.16. The summed E-state index contributed by atoms with van der Waals surface area (Å²) < 4.78 is 0. The molecule has 1 unspecified atom stereocenters. The van der Waals surface area contributed by atoms with Gasteiger partial charge >= 0.3 is 0 Å². The molecule has 1 atom stereocenters. The first kappa shape index (κ1) is 15.6. The molecule has 0 spiro atoms. The monoisotopic (exact) mass is 309 g/mol. The van der Waals surface area contributed by atoms with Gasteiger partial charge in [0.2, 0.25) is 0 Å². The first-order valence-electron chi connectivity index (χ1n) is 7.00. The number of likely N-dealkylation sites (N-methyl/N-ethyl adjacent to an activating group) is 1. The van der Waals surface area contributed by atoms with Crippen molar-refractivity contribution < 1.29 is 0 Å². The van der Waals surface area contributed by atoms with Crippen LogP contribution >= 0.6 is 22.7 Å². The van der Waals surface area contributed by atoms with Crippen LogP contribution < -0.4 is 5.32 Å². The number of aryl methyl sites for hydroxylation is 1. The van der Waals surface area contributed by atoms with Crippen LogP contribution in [0, 0.1) is 6.92 Å². The van der Waals surface area contributed by atoms with Gasteiger partial charge < -0.3 is 5.32 Å². The maximum atomic E-state index is 4.79. The Balaban J connectivity index is 2.14. The van der Waals surface area contributed by atoms with E-state index < -0.39 is 0 Å². The van der Waals surface area contributed by atoms with Crippen molar-refractivity contribution in [2.45, 2.75) is 52.5 Å². The van der Waals surface area contributed by atoms with Gasteiger partial charge in [0.05, 0.1) is 27.4 Å². The highest BCUT2D eigenvalue weighted by atomic mass is 32.1. The van der Waals surface area contributed by atoms with Gasteiger partial charge in [-0.25, -0.2) is 9.97 Å². The summed E-state index contributed by atoms with van der Waals surface area (Å²) in [4.78, 5) is 9.40. The lowest BCUT2D eigenvalue weighted by atomic mass is 9.93. The minimum atomic E-state index is 0.125. The molecule has 0 saturated carbocycles. The molecule has 2 aromatic heterocycles. The predicted molar refractivity (Wildman–Crippen MR) is 87.8 cm³/mol. The molecule has 3 nitrogen and oxygen atoms in total. The molecule has 0 aromatic carbocycles. The number of hydrogen-bond acceptors (Lipinski definition) is 5. The van der Waals surface area contributed by atoms with E-state index in [-0.39, 0.29) is 11.5 Å². The Morgan fingerprint density at radius 3 is 2.45 bits per heavy atom. The minimum absolute atomic E-state index is 0.125. The zero-order valence-corrected chi connectivity index (χ0v) is 14.5. The largest absolute Gasteiger partial charge is 0.309 e. The van der Waals surface area contributed by atoms with Crippen LogP contribution in [0.2, 0.25) is 0 Å². The lowest BCUT2D eigenvalue weighted by molar-refractivity contribution is 0.531. The van der Waals surface area contributed by atoms with Gasteiger partial charge in [-0.2, -0.15) is 0 Å². The van der Waals surface area contributed by atoms with E-state index in [1.807, 2.05) is 0 Å². The van der Waals surface area contributed by atoms with E-state index in [4.69, 9.17) is 4.98 Å². The van der Waals surface area contributed by atoms with Crippen LogP contribution in [0.25, 0.3) is 0 Å². The van der Waals surface area contributed by atoms with Crippen LogP contribution in [0.15, 0.2) is 10.8 Å². The predicted octanol–water partition coefficient (Wildman–Crippen LogP) is 4.10. The third kappa shape index (κ3) is 3.87. The zero-order valence-electron chi connectivity index (χ0n) is 12.9. The molecule has 0 bridgehead atoms. The van der Waals surface area contributed by atoms with Crippen molar-refractivity contribution in [1.82, 2.24) is 15.3 Å². The van der Waals surface area contributed by atoms with Gasteiger partial charge in [0, 0.05) is 22.6 Å². The second-order valence-electron chi connectivity index (χ2n) is 5.98. The fourth-order valence-corrected chi connectivity index (χ4v) is 3.73. The van der Waals surface area contributed by atoms with Crippen LogP contribution in [-0.4, -0.2) is 16.5 Å². The highest BCUT2D eigenvalue weighted by molar-refractivity contribution is 7.10. The molecule has 5 heteroatoms. The van der Waals surface area contributed by atoms with Crippen LogP contribution in [-0.2, 0) is 11.8 Å². The van der Waals surface area contributed by atoms with E-state index in [1.54, 1.807) is 22.7 Å². The first-order valence-corrected chi connectivity index (χ1v) is 8.76. The maximum Gasteiger partial charge on any atom is 0.0948 e. The van der Waals surface area contributed by atoms with Crippen molar-refractivity contribution in [1.29, 1.82) is 0 Å². The molecular weight excluding hydrogens is 286 g/mol. The number of nitrogens with one attached hydrogen (secondary N) is 1. The van der Waals surface area contributed by atoms with Crippen molar-refractivity contribution >= 4 is 22.7 Å². The third-order valence-corrected chi connectivity index (χ3v) is 4.81. The summed E-state index contributed by atoms with van der Waals surface area (Å²) in [5.41, 5.74) is 2.45. The van der Waals surface area contributed by atoms with E-state index in [0.717, 1.165) is 23.7 Å². The molecule has 20 heavy (non-hydrogen) atoms. The summed E-state index contributed by atoms with van der Waals surface area (Å²) in [6.07, 6.45) is 0.914. The Hall–Kier alpha value is -0.780. The van der Waals surface area contributed by atoms with Crippen molar-refractivity contribution in [3.05, 3.63) is 32.2 Å². The van der Waals surface area contributed by atoms with Gasteiger partial charge in [-0.3, -0.25) is 0 Å². The van der Waals surface area contributed by atoms with Crippen LogP contribution in [0.4, 0.5) is 0 Å². The molecule has 0 fully saturated rings. The van der Waals surface area contributed by atoms with Gasteiger partial charge in [-0.1, -0.05) is 27.7 Å². The van der Waals surface area contributed by atoms with Gasteiger partial charge in [-0.15, -0.1) is 22.7 Å². The van der Waals surface area contributed by atoms with Gasteiger partial charge in [0.15, 0.2) is 0 Å². The Morgan fingerprint density at radius 2 is 1.95 bits per heavy atom. The molecule has 1 N–H and O–H groups in total. The lowest BCUT2D eigenvalue weighted by Crippen LogP contribution is -2.23. The smallest absolute Gasteiger partial charge is 0.0948 e. The van der Waals surface area contributed by atoms with E-state index in [0.29, 0.717) is 0 Å². The fraction of sp³-hybridized carbons (Fsp3) is 0.600. The Labute approximate surface area is 129 Å². The topological polar surface area (TPSA) is 37.8 Å². The summed E-state index contributed by atoms with van der Waals surface area (Å²) in [5, 5.41) is 10.2. The number of nitrogens with zero attached hydrogens (tertiary/aromatic N) is 2. The van der Waals surface area contributed by atoms with Crippen molar-refractivity contribution in [3.63, 3.8) is 0 Å². The molecule has 0 amide bonds. The van der Waals surface area contributed by atoms with E-state index in [9.17, 15) is 0 Å². The van der Waals surface area contributed by atoms with Crippen molar-refractivity contribution in [3.8, 4) is 0 Å². The Bertz CT molecular complexity index is 551. The third-order valence-electron chi connectivity index (χ3n) is 3.14. The molecule has 0 radical (unpaired) electrons. The van der Waals surface area contributed by atoms with E-state index in [2.05, 4.69) is 55.7 Å². The summed E-state index contributed by atoms with van der Waals surface area (Å²) in [6.45, 7) is 11.7. The SMILES string of the molecule is CCNC(Cc1nc(C(C)(C)C)cs1)c1csc(C)n1. The maximum absolute atomic E-state index is 4.79. The number of thiazole rings is 2. The van der Waals surface area contributed by atoms with Crippen molar-refractivity contribution in [2.75, 3.05) is 6.54 Å². The molecule has 0 aliphatic heterocycles. The van der Waals surface area contributed by atoms with Crippen LogP contribution in [0.1, 0.15) is 55.1 Å². The first-order chi connectivity index (χ1) is 9.40. The Morgan fingerprint density at radius 1 is 1.20 bits per heavy atom. The number of hydrogen-bond donors (Lipinski definition) is 1. The van der Waals surface area contributed by atoms with E-state index >= 15 is 0 Å². The average Bonchev–Trinajstić information content (AvgIpc) is 2.96. The molecule has 0 saturated heterocycles. The minimum Gasteiger partial charge on any atom is -0.309 e.